The van der Waals surface area contributed by atoms with Crippen molar-refractivity contribution in [3.05, 3.63) is 101 Å². The predicted molar refractivity (Wildman–Crippen MR) is 163 cm³/mol. The van der Waals surface area contributed by atoms with Crippen LogP contribution in [-0.2, 0) is 29.2 Å². The second-order valence-electron chi connectivity index (χ2n) is 10.3. The monoisotopic (exact) mass is 612 g/mol. The molecule has 0 atom stereocenters. The number of hydrogen-bond acceptors (Lipinski definition) is 8. The van der Waals surface area contributed by atoms with Gasteiger partial charge in [0.2, 0.25) is 6.79 Å². The van der Waals surface area contributed by atoms with Gasteiger partial charge in [-0.1, -0.05) is 24.3 Å². The minimum absolute atomic E-state index is 0.0366. The molecule has 232 valence electrons. The number of carboxylic acid groups (broad SMARTS) is 2. The number of amides is 1. The fourth-order valence-corrected chi connectivity index (χ4v) is 4.81. The quantitative estimate of drug-likeness (QED) is 0.152. The average Bonchev–Trinajstić information content (AvgIpc) is 3.52. The van der Waals surface area contributed by atoms with Crippen molar-refractivity contribution in [3.8, 4) is 34.1 Å². The lowest BCUT2D eigenvalue weighted by Gasteiger charge is -2.17. The molecule has 1 aliphatic heterocycles. The van der Waals surface area contributed by atoms with Crippen molar-refractivity contribution in [2.75, 3.05) is 13.4 Å². The fourth-order valence-electron chi connectivity index (χ4n) is 4.81. The van der Waals surface area contributed by atoms with Crippen molar-refractivity contribution in [3.63, 3.8) is 0 Å². The lowest BCUT2D eigenvalue weighted by Crippen LogP contribution is -2.23. The first kappa shape index (κ1) is 30.9. The molecular formula is C34H32N2O9. The van der Waals surface area contributed by atoms with Crippen LogP contribution in [0.1, 0.15) is 46.3 Å². The van der Waals surface area contributed by atoms with Crippen LogP contribution in [-0.4, -0.2) is 46.4 Å². The third kappa shape index (κ3) is 8.50. The van der Waals surface area contributed by atoms with Gasteiger partial charge in [0.25, 0.3) is 5.91 Å². The highest BCUT2D eigenvalue weighted by Gasteiger charge is 2.17. The molecule has 45 heavy (non-hydrogen) atoms. The van der Waals surface area contributed by atoms with Crippen LogP contribution in [0.25, 0.3) is 11.1 Å². The maximum Gasteiger partial charge on any atom is 0.303 e. The van der Waals surface area contributed by atoms with E-state index in [-0.39, 0.29) is 45.2 Å². The first-order valence-electron chi connectivity index (χ1n) is 14.4. The van der Waals surface area contributed by atoms with Crippen molar-refractivity contribution in [2.24, 2.45) is 0 Å². The Hall–Kier alpha value is -5.58. The van der Waals surface area contributed by atoms with E-state index in [0.29, 0.717) is 52.7 Å². The number of benzene rings is 3. The third-order valence-electron chi connectivity index (χ3n) is 7.06. The summed E-state index contributed by atoms with van der Waals surface area (Å²) in [6, 6.07) is 19.8. The molecule has 4 aromatic rings. The van der Waals surface area contributed by atoms with Crippen LogP contribution in [0.4, 0.5) is 0 Å². The molecule has 0 bridgehead atoms. The van der Waals surface area contributed by atoms with E-state index < -0.39 is 11.9 Å². The maximum absolute atomic E-state index is 13.3. The second kappa shape index (κ2) is 14.7. The van der Waals surface area contributed by atoms with Crippen LogP contribution in [0, 0.1) is 0 Å². The highest BCUT2D eigenvalue weighted by atomic mass is 16.7. The van der Waals surface area contributed by atoms with Crippen LogP contribution in [0.2, 0.25) is 0 Å². The third-order valence-corrected chi connectivity index (χ3v) is 7.06. The van der Waals surface area contributed by atoms with Crippen molar-refractivity contribution >= 4 is 17.8 Å². The molecule has 11 nitrogen and oxygen atoms in total. The van der Waals surface area contributed by atoms with Gasteiger partial charge in [0.1, 0.15) is 18.1 Å². The van der Waals surface area contributed by atoms with E-state index in [1.807, 2.05) is 36.4 Å². The molecular weight excluding hydrogens is 580 g/mol. The number of hydrogen-bond donors (Lipinski definition) is 3. The number of aliphatic carboxylic acids is 2. The summed E-state index contributed by atoms with van der Waals surface area (Å²) in [7, 11) is 0. The zero-order valence-corrected chi connectivity index (χ0v) is 24.4. The SMILES string of the molecule is O=C(O)CCCOc1cccc(COc2cc(C(=O)NCc3cccnc3)cc(-c3ccc4c(c3)OCO4)c2)c1CCC(=O)O. The lowest BCUT2D eigenvalue weighted by atomic mass is 10.0. The van der Waals surface area contributed by atoms with Gasteiger partial charge in [0.05, 0.1) is 6.61 Å². The number of rotatable bonds is 15. The summed E-state index contributed by atoms with van der Waals surface area (Å²) < 4.78 is 23.1. The molecule has 0 fully saturated rings. The molecule has 1 amide bonds. The summed E-state index contributed by atoms with van der Waals surface area (Å²) in [5.74, 6) is -0.0313. The first-order valence-corrected chi connectivity index (χ1v) is 14.4. The number of carbonyl (C=O) groups is 3. The summed E-state index contributed by atoms with van der Waals surface area (Å²) in [6.07, 6.45) is 3.70. The number of carbonyl (C=O) groups excluding carboxylic acids is 1. The number of nitrogens with zero attached hydrogens (tertiary/aromatic N) is 1. The van der Waals surface area contributed by atoms with Gasteiger partial charge < -0.3 is 34.5 Å². The molecule has 0 saturated carbocycles. The molecule has 0 aliphatic carbocycles. The Morgan fingerprint density at radius 2 is 1.71 bits per heavy atom. The zero-order valence-electron chi connectivity index (χ0n) is 24.4. The lowest BCUT2D eigenvalue weighted by molar-refractivity contribution is -0.138. The number of pyridine rings is 1. The first-order chi connectivity index (χ1) is 21.9. The molecule has 1 aliphatic rings. The number of ether oxygens (including phenoxy) is 4. The molecule has 2 heterocycles. The van der Waals surface area contributed by atoms with Gasteiger partial charge in [0.15, 0.2) is 11.5 Å². The van der Waals surface area contributed by atoms with Gasteiger partial charge in [-0.2, -0.15) is 0 Å². The van der Waals surface area contributed by atoms with E-state index >= 15 is 0 Å². The predicted octanol–water partition coefficient (Wildman–Crippen LogP) is 5.25. The number of aromatic nitrogens is 1. The van der Waals surface area contributed by atoms with Gasteiger partial charge >= 0.3 is 11.9 Å². The van der Waals surface area contributed by atoms with Crippen LogP contribution < -0.4 is 24.3 Å². The van der Waals surface area contributed by atoms with Gasteiger partial charge in [-0.05, 0) is 77.6 Å². The molecule has 0 unspecified atom stereocenters. The van der Waals surface area contributed by atoms with E-state index in [0.717, 1.165) is 16.7 Å². The summed E-state index contributed by atoms with van der Waals surface area (Å²) in [6.45, 7) is 0.675. The van der Waals surface area contributed by atoms with E-state index in [4.69, 9.17) is 24.1 Å². The Bertz CT molecular complexity index is 1670. The summed E-state index contributed by atoms with van der Waals surface area (Å²) in [5, 5.41) is 21.2. The standard InChI is InChI=1S/C34H32N2O9/c37-32(38)7-3-13-42-29-6-1-5-24(28(29)9-11-33(39)40)20-43-27-15-25(23-8-10-30-31(17-23)45-21-44-30)14-26(16-27)34(41)36-19-22-4-2-12-35-18-22/h1-2,4-6,8,10,12,14-18H,3,7,9,11,13,19-21H2,(H,36,41)(H,37,38)(H,39,40). The van der Waals surface area contributed by atoms with Crippen molar-refractivity contribution in [1.82, 2.24) is 10.3 Å². The van der Waals surface area contributed by atoms with Gasteiger partial charge in [-0.3, -0.25) is 19.4 Å². The molecule has 5 rings (SSSR count). The van der Waals surface area contributed by atoms with Gasteiger partial charge in [-0.25, -0.2) is 0 Å². The minimum atomic E-state index is -0.957. The van der Waals surface area contributed by atoms with E-state index in [1.54, 1.807) is 42.7 Å². The Morgan fingerprint density at radius 1 is 0.867 bits per heavy atom. The molecule has 0 spiro atoms. The Balaban J connectivity index is 1.40. The van der Waals surface area contributed by atoms with E-state index in [9.17, 15) is 19.5 Å². The van der Waals surface area contributed by atoms with Crippen LogP contribution in [0.5, 0.6) is 23.0 Å². The molecule has 0 radical (unpaired) electrons. The second-order valence-corrected chi connectivity index (χ2v) is 10.3. The Morgan fingerprint density at radius 3 is 2.51 bits per heavy atom. The number of fused-ring (bicyclic) bond motifs is 1. The van der Waals surface area contributed by atoms with E-state index in [1.165, 1.54) is 0 Å². The van der Waals surface area contributed by atoms with Crippen molar-refractivity contribution in [2.45, 2.75) is 38.8 Å². The Kier molecular flexibility index (Phi) is 10.1. The molecule has 3 aromatic carbocycles. The van der Waals surface area contributed by atoms with Crippen molar-refractivity contribution < 1.29 is 43.5 Å². The molecule has 0 saturated heterocycles. The van der Waals surface area contributed by atoms with Gasteiger partial charge in [-0.15, -0.1) is 0 Å². The highest BCUT2D eigenvalue weighted by molar-refractivity contribution is 5.96. The maximum atomic E-state index is 13.3. The van der Waals surface area contributed by atoms with Gasteiger partial charge in [0, 0.05) is 42.9 Å². The normalized spacial score (nSPS) is 11.6. The average molecular weight is 613 g/mol. The summed E-state index contributed by atoms with van der Waals surface area (Å²) in [5.41, 5.74) is 4.13. The minimum Gasteiger partial charge on any atom is -0.493 e. The highest BCUT2D eigenvalue weighted by Crippen LogP contribution is 2.37. The van der Waals surface area contributed by atoms with E-state index in [2.05, 4.69) is 10.3 Å². The largest absolute Gasteiger partial charge is 0.493 e. The Labute approximate surface area is 259 Å². The molecule has 1 aromatic heterocycles. The van der Waals surface area contributed by atoms with Crippen LogP contribution >= 0.6 is 0 Å². The van der Waals surface area contributed by atoms with Crippen LogP contribution in [0.15, 0.2) is 79.1 Å². The van der Waals surface area contributed by atoms with Crippen LogP contribution in [0.3, 0.4) is 0 Å². The number of carboxylic acids is 2. The summed E-state index contributed by atoms with van der Waals surface area (Å²) >= 11 is 0. The fraction of sp³-hybridized carbons (Fsp3) is 0.235. The number of nitrogens with one attached hydrogen (secondary N) is 1. The summed E-state index contributed by atoms with van der Waals surface area (Å²) in [4.78, 5) is 39.7. The zero-order chi connectivity index (χ0) is 31.6. The van der Waals surface area contributed by atoms with Crippen molar-refractivity contribution in [1.29, 1.82) is 0 Å². The molecule has 3 N–H and O–H groups in total. The topological polar surface area (TPSA) is 154 Å². The smallest absolute Gasteiger partial charge is 0.303 e. The molecule has 11 heteroatoms.